The molecule has 2 heterocycles. The second-order valence-corrected chi connectivity index (χ2v) is 3.89. The third-order valence-electron chi connectivity index (χ3n) is 2.93. The quantitative estimate of drug-likeness (QED) is 0.726. The molecule has 0 amide bonds. The summed E-state index contributed by atoms with van der Waals surface area (Å²) in [5.41, 5.74) is 6.66. The van der Waals surface area contributed by atoms with Crippen LogP contribution in [0.2, 0.25) is 0 Å². The Morgan fingerprint density at radius 3 is 2.29 bits per heavy atom. The lowest BCUT2D eigenvalue weighted by Gasteiger charge is -2.00. The first-order valence-electron chi connectivity index (χ1n) is 4.95. The van der Waals surface area contributed by atoms with Crippen molar-refractivity contribution < 1.29 is 0 Å². The van der Waals surface area contributed by atoms with Crippen LogP contribution in [0.1, 0.15) is 28.1 Å². The van der Waals surface area contributed by atoms with Gasteiger partial charge in [-0.15, -0.1) is 0 Å². The molecular weight excluding hydrogens is 172 g/mol. The fourth-order valence-electron chi connectivity index (χ4n) is 1.68. The van der Waals surface area contributed by atoms with E-state index in [-0.39, 0.29) is 0 Å². The fraction of sp³-hybridized carbons (Fsp3) is 0.333. The van der Waals surface area contributed by atoms with Crippen LogP contribution < -0.4 is 0 Å². The molecule has 74 valence electrons. The molecule has 0 spiro atoms. The van der Waals surface area contributed by atoms with Crippen molar-refractivity contribution in [1.82, 2.24) is 9.97 Å². The number of rotatable bonds is 2. The van der Waals surface area contributed by atoms with E-state index in [1.165, 1.54) is 28.1 Å². The van der Waals surface area contributed by atoms with Crippen molar-refractivity contribution in [3.8, 4) is 0 Å². The molecule has 0 aliphatic heterocycles. The molecule has 0 aliphatic rings. The highest BCUT2D eigenvalue weighted by atomic mass is 14.7. The molecule has 0 aliphatic carbocycles. The number of aryl methyl sites for hydroxylation is 2. The summed E-state index contributed by atoms with van der Waals surface area (Å²) >= 11 is 0. The number of aromatic nitrogens is 2. The Hall–Kier alpha value is -1.44. The van der Waals surface area contributed by atoms with Crippen LogP contribution in [0.4, 0.5) is 0 Å². The summed E-state index contributed by atoms with van der Waals surface area (Å²) in [6.45, 7) is 6.44. The molecule has 0 aromatic carbocycles. The molecule has 0 atom stereocenters. The Labute approximate surface area is 84.4 Å². The first kappa shape index (κ1) is 9.13. The van der Waals surface area contributed by atoms with Crippen LogP contribution in [0.25, 0.3) is 0 Å². The second kappa shape index (κ2) is 3.37. The van der Waals surface area contributed by atoms with Crippen molar-refractivity contribution in [2.45, 2.75) is 27.2 Å². The topological polar surface area (TPSA) is 31.6 Å². The van der Waals surface area contributed by atoms with Gasteiger partial charge in [0.1, 0.15) is 0 Å². The molecule has 2 aromatic rings. The van der Waals surface area contributed by atoms with Crippen LogP contribution in [0.5, 0.6) is 0 Å². The number of hydrogen-bond donors (Lipinski definition) is 2. The van der Waals surface area contributed by atoms with Gasteiger partial charge in [-0.3, -0.25) is 0 Å². The normalized spacial score (nSPS) is 10.8. The number of aromatic amines is 2. The molecule has 2 N–H and O–H groups in total. The standard InChI is InChI=1S/C12H16N2/c1-8-4-5-13-11(8)6-12-10(3)9(2)7-14-12/h4-5,7,13-14H,6H2,1-3H3. The van der Waals surface area contributed by atoms with E-state index >= 15 is 0 Å². The molecular formula is C12H16N2. The zero-order chi connectivity index (χ0) is 10.1. The maximum Gasteiger partial charge on any atom is 0.0283 e. The molecule has 0 unspecified atom stereocenters. The van der Waals surface area contributed by atoms with Gasteiger partial charge in [0.2, 0.25) is 0 Å². The summed E-state index contributed by atoms with van der Waals surface area (Å²) in [5, 5.41) is 0. The first-order chi connectivity index (χ1) is 6.68. The van der Waals surface area contributed by atoms with Crippen LogP contribution in [0, 0.1) is 20.8 Å². The lowest BCUT2D eigenvalue weighted by molar-refractivity contribution is 1.02. The van der Waals surface area contributed by atoms with Gasteiger partial charge in [-0.25, -0.2) is 0 Å². The highest BCUT2D eigenvalue weighted by molar-refractivity contribution is 5.33. The van der Waals surface area contributed by atoms with Gasteiger partial charge >= 0.3 is 0 Å². The molecule has 2 aromatic heterocycles. The van der Waals surface area contributed by atoms with Crippen LogP contribution >= 0.6 is 0 Å². The Bertz CT molecular complexity index is 435. The van der Waals surface area contributed by atoms with Gasteiger partial charge in [0, 0.05) is 30.2 Å². The van der Waals surface area contributed by atoms with Crippen molar-refractivity contribution in [2.75, 3.05) is 0 Å². The summed E-state index contributed by atoms with van der Waals surface area (Å²) in [5.74, 6) is 0. The molecule has 2 rings (SSSR count). The van der Waals surface area contributed by atoms with E-state index in [0.717, 1.165) is 6.42 Å². The second-order valence-electron chi connectivity index (χ2n) is 3.89. The maximum atomic E-state index is 3.32. The molecule has 0 saturated heterocycles. The Balaban J connectivity index is 2.27. The predicted octanol–water partition coefficient (Wildman–Crippen LogP) is 2.86. The molecule has 0 fully saturated rings. The van der Waals surface area contributed by atoms with E-state index in [9.17, 15) is 0 Å². The molecule has 0 saturated carbocycles. The summed E-state index contributed by atoms with van der Waals surface area (Å²) < 4.78 is 0. The van der Waals surface area contributed by atoms with E-state index in [0.29, 0.717) is 0 Å². The molecule has 0 bridgehead atoms. The van der Waals surface area contributed by atoms with Crippen molar-refractivity contribution in [3.05, 3.63) is 46.5 Å². The zero-order valence-electron chi connectivity index (χ0n) is 8.94. The van der Waals surface area contributed by atoms with Crippen LogP contribution in [0.15, 0.2) is 18.5 Å². The molecule has 14 heavy (non-hydrogen) atoms. The summed E-state index contributed by atoms with van der Waals surface area (Å²) in [6.07, 6.45) is 5.04. The molecule has 0 radical (unpaired) electrons. The van der Waals surface area contributed by atoms with E-state index in [1.807, 2.05) is 6.20 Å². The maximum absolute atomic E-state index is 3.32. The zero-order valence-corrected chi connectivity index (χ0v) is 8.94. The summed E-state index contributed by atoms with van der Waals surface area (Å²) in [7, 11) is 0. The summed E-state index contributed by atoms with van der Waals surface area (Å²) in [6, 6.07) is 2.11. The lowest BCUT2D eigenvalue weighted by atomic mass is 10.1. The van der Waals surface area contributed by atoms with Crippen LogP contribution in [-0.4, -0.2) is 9.97 Å². The highest BCUT2D eigenvalue weighted by Gasteiger charge is 2.06. The van der Waals surface area contributed by atoms with Gasteiger partial charge in [0.15, 0.2) is 0 Å². The average molecular weight is 188 g/mol. The third-order valence-corrected chi connectivity index (χ3v) is 2.93. The third kappa shape index (κ3) is 1.48. The van der Waals surface area contributed by atoms with Gasteiger partial charge in [0.25, 0.3) is 0 Å². The Kier molecular flexibility index (Phi) is 2.20. The average Bonchev–Trinajstić information content (AvgIpc) is 2.68. The van der Waals surface area contributed by atoms with Gasteiger partial charge in [-0.1, -0.05) is 0 Å². The number of nitrogens with one attached hydrogen (secondary N) is 2. The van der Waals surface area contributed by atoms with Gasteiger partial charge in [-0.05, 0) is 43.5 Å². The first-order valence-corrected chi connectivity index (χ1v) is 4.95. The monoisotopic (exact) mass is 188 g/mol. The van der Waals surface area contributed by atoms with E-state index in [4.69, 9.17) is 0 Å². The minimum Gasteiger partial charge on any atom is -0.364 e. The van der Waals surface area contributed by atoms with Crippen molar-refractivity contribution >= 4 is 0 Å². The number of hydrogen-bond acceptors (Lipinski definition) is 0. The Morgan fingerprint density at radius 2 is 1.79 bits per heavy atom. The van der Waals surface area contributed by atoms with E-state index in [2.05, 4.69) is 43.0 Å². The van der Waals surface area contributed by atoms with E-state index < -0.39 is 0 Å². The van der Waals surface area contributed by atoms with Crippen LogP contribution in [0.3, 0.4) is 0 Å². The van der Waals surface area contributed by atoms with Crippen molar-refractivity contribution in [3.63, 3.8) is 0 Å². The van der Waals surface area contributed by atoms with Crippen molar-refractivity contribution in [2.24, 2.45) is 0 Å². The summed E-state index contributed by atoms with van der Waals surface area (Å²) in [4.78, 5) is 6.59. The van der Waals surface area contributed by atoms with E-state index in [1.54, 1.807) is 0 Å². The number of H-pyrrole nitrogens is 2. The fourth-order valence-corrected chi connectivity index (χ4v) is 1.68. The Morgan fingerprint density at radius 1 is 1.00 bits per heavy atom. The van der Waals surface area contributed by atoms with Gasteiger partial charge in [0.05, 0.1) is 0 Å². The largest absolute Gasteiger partial charge is 0.364 e. The molecule has 2 heteroatoms. The molecule has 2 nitrogen and oxygen atoms in total. The smallest absolute Gasteiger partial charge is 0.0283 e. The minimum atomic E-state index is 0.971. The van der Waals surface area contributed by atoms with Gasteiger partial charge < -0.3 is 9.97 Å². The minimum absolute atomic E-state index is 0.971. The SMILES string of the molecule is Cc1cc[nH]c1Cc1[nH]cc(C)c1C. The van der Waals surface area contributed by atoms with Crippen LogP contribution in [-0.2, 0) is 6.42 Å². The highest BCUT2D eigenvalue weighted by Crippen LogP contribution is 2.16. The predicted molar refractivity (Wildman–Crippen MR) is 58.6 cm³/mol. The van der Waals surface area contributed by atoms with Crippen molar-refractivity contribution in [1.29, 1.82) is 0 Å². The lowest BCUT2D eigenvalue weighted by Crippen LogP contribution is -1.93. The van der Waals surface area contributed by atoms with Gasteiger partial charge in [-0.2, -0.15) is 0 Å².